The zero-order valence-electron chi connectivity index (χ0n) is 16.7. The van der Waals surface area contributed by atoms with Gasteiger partial charge in [-0.3, -0.25) is 9.48 Å². The summed E-state index contributed by atoms with van der Waals surface area (Å²) in [6.07, 6.45) is 4.55. The van der Waals surface area contributed by atoms with Gasteiger partial charge < -0.3 is 5.32 Å². The summed E-state index contributed by atoms with van der Waals surface area (Å²) >= 11 is 0. The maximum absolute atomic E-state index is 12.9. The molecule has 5 nitrogen and oxygen atoms in total. The van der Waals surface area contributed by atoms with Gasteiger partial charge in [-0.15, -0.1) is 0 Å². The van der Waals surface area contributed by atoms with Crippen LogP contribution in [0.15, 0.2) is 30.3 Å². The van der Waals surface area contributed by atoms with Gasteiger partial charge >= 0.3 is 0 Å². The number of hydrogen-bond acceptors (Lipinski definition) is 3. The van der Waals surface area contributed by atoms with Crippen LogP contribution in [0.2, 0.25) is 0 Å². The lowest BCUT2D eigenvalue weighted by Crippen LogP contribution is -2.24. The summed E-state index contributed by atoms with van der Waals surface area (Å²) in [5, 5.41) is 8.45. The van der Waals surface area contributed by atoms with Crippen molar-refractivity contribution in [3.05, 3.63) is 47.3 Å². The number of nitrogens with zero attached hydrogens (tertiary/aromatic N) is 3. The Morgan fingerprint density at radius 1 is 1.15 bits per heavy atom. The van der Waals surface area contributed by atoms with Crippen molar-refractivity contribution in [3.63, 3.8) is 0 Å². The third-order valence-corrected chi connectivity index (χ3v) is 5.04. The maximum Gasteiger partial charge on any atom is 0.252 e. The van der Waals surface area contributed by atoms with Crippen molar-refractivity contribution in [1.29, 1.82) is 0 Å². The summed E-state index contributed by atoms with van der Waals surface area (Å²) in [6, 6.07) is 9.72. The van der Waals surface area contributed by atoms with Gasteiger partial charge in [-0.1, -0.05) is 44.4 Å². The quantitative estimate of drug-likeness (QED) is 0.625. The number of pyridine rings is 1. The molecule has 0 spiro atoms. The van der Waals surface area contributed by atoms with Gasteiger partial charge in [0.15, 0.2) is 0 Å². The van der Waals surface area contributed by atoms with Crippen LogP contribution in [-0.4, -0.2) is 27.2 Å². The largest absolute Gasteiger partial charge is 0.352 e. The predicted molar refractivity (Wildman–Crippen MR) is 110 cm³/mol. The number of fused-ring (bicyclic) bond motifs is 1. The Morgan fingerprint density at radius 3 is 2.63 bits per heavy atom. The molecule has 0 aliphatic carbocycles. The predicted octanol–water partition coefficient (Wildman–Crippen LogP) is 4.56. The van der Waals surface area contributed by atoms with E-state index >= 15 is 0 Å². The first kappa shape index (κ1) is 19.1. The summed E-state index contributed by atoms with van der Waals surface area (Å²) in [5.41, 5.74) is 5.26. The Hall–Kier alpha value is -2.69. The van der Waals surface area contributed by atoms with E-state index in [-0.39, 0.29) is 5.91 Å². The van der Waals surface area contributed by atoms with Crippen LogP contribution in [0.5, 0.6) is 0 Å². The third-order valence-electron chi connectivity index (χ3n) is 5.04. The summed E-state index contributed by atoms with van der Waals surface area (Å²) in [5.74, 6) is -0.0365. The molecule has 1 aromatic carbocycles. The summed E-state index contributed by atoms with van der Waals surface area (Å²) in [6.45, 7) is 6.90. The monoisotopic (exact) mass is 364 g/mol. The number of carbonyl (C=O) groups excluding carboxylic acids is 1. The molecule has 2 heterocycles. The van der Waals surface area contributed by atoms with Crippen molar-refractivity contribution in [1.82, 2.24) is 20.1 Å². The molecule has 0 unspecified atom stereocenters. The SMILES string of the molecule is CCCCCCNC(=O)c1cc(-c2c(C)nn(C)c2C)nc2ccccc12. The van der Waals surface area contributed by atoms with E-state index < -0.39 is 0 Å². The molecule has 0 fully saturated rings. The molecule has 3 rings (SSSR count). The molecule has 142 valence electrons. The number of para-hydroxylation sites is 1. The number of hydrogen-bond donors (Lipinski definition) is 1. The highest BCUT2D eigenvalue weighted by atomic mass is 16.1. The highest BCUT2D eigenvalue weighted by Gasteiger charge is 2.18. The number of rotatable bonds is 7. The van der Waals surface area contributed by atoms with E-state index in [9.17, 15) is 4.79 Å². The van der Waals surface area contributed by atoms with Crippen molar-refractivity contribution in [2.24, 2.45) is 7.05 Å². The molecule has 1 amide bonds. The molecule has 0 atom stereocenters. The van der Waals surface area contributed by atoms with Crippen LogP contribution in [-0.2, 0) is 7.05 Å². The first-order chi connectivity index (χ1) is 13.0. The lowest BCUT2D eigenvalue weighted by molar-refractivity contribution is 0.0954. The minimum absolute atomic E-state index is 0.0365. The van der Waals surface area contributed by atoms with E-state index in [4.69, 9.17) is 4.98 Å². The second-order valence-electron chi connectivity index (χ2n) is 7.06. The van der Waals surface area contributed by atoms with Crippen LogP contribution in [0.25, 0.3) is 22.2 Å². The molecule has 2 aromatic heterocycles. The number of nitrogens with one attached hydrogen (secondary N) is 1. The van der Waals surface area contributed by atoms with Crippen LogP contribution in [0.3, 0.4) is 0 Å². The van der Waals surface area contributed by atoms with Gasteiger partial charge in [0, 0.05) is 30.2 Å². The number of amides is 1. The molecular formula is C22H28N4O. The number of unbranched alkanes of at least 4 members (excludes halogenated alkanes) is 3. The highest BCUT2D eigenvalue weighted by molar-refractivity contribution is 6.07. The molecule has 1 N–H and O–H groups in total. The minimum Gasteiger partial charge on any atom is -0.352 e. The van der Waals surface area contributed by atoms with E-state index in [0.29, 0.717) is 12.1 Å². The zero-order valence-corrected chi connectivity index (χ0v) is 16.7. The lowest BCUT2D eigenvalue weighted by atomic mass is 10.0. The number of carbonyl (C=O) groups is 1. The fraction of sp³-hybridized carbons (Fsp3) is 0.409. The van der Waals surface area contributed by atoms with E-state index in [2.05, 4.69) is 17.3 Å². The van der Waals surface area contributed by atoms with Gasteiger partial charge in [-0.25, -0.2) is 4.98 Å². The third kappa shape index (κ3) is 4.02. The summed E-state index contributed by atoms with van der Waals surface area (Å²) in [4.78, 5) is 17.7. The van der Waals surface area contributed by atoms with Crippen LogP contribution >= 0.6 is 0 Å². The Bertz CT molecular complexity index is 958. The molecule has 0 aliphatic heterocycles. The van der Waals surface area contributed by atoms with Crippen molar-refractivity contribution in [3.8, 4) is 11.3 Å². The zero-order chi connectivity index (χ0) is 19.4. The molecule has 0 bridgehead atoms. The average molecular weight is 364 g/mol. The molecule has 3 aromatic rings. The molecule has 0 saturated heterocycles. The fourth-order valence-electron chi connectivity index (χ4n) is 3.48. The molecule has 5 heteroatoms. The number of benzene rings is 1. The van der Waals surface area contributed by atoms with Crippen molar-refractivity contribution < 1.29 is 4.79 Å². The highest BCUT2D eigenvalue weighted by Crippen LogP contribution is 2.29. The lowest BCUT2D eigenvalue weighted by Gasteiger charge is -2.11. The van der Waals surface area contributed by atoms with Crippen LogP contribution in [0.1, 0.15) is 54.4 Å². The summed E-state index contributed by atoms with van der Waals surface area (Å²) in [7, 11) is 1.93. The van der Waals surface area contributed by atoms with Crippen molar-refractivity contribution >= 4 is 16.8 Å². The topological polar surface area (TPSA) is 59.8 Å². The molecule has 27 heavy (non-hydrogen) atoms. The maximum atomic E-state index is 12.9. The van der Waals surface area contributed by atoms with Gasteiger partial charge in [-0.2, -0.15) is 5.10 Å². The van der Waals surface area contributed by atoms with E-state index in [0.717, 1.165) is 46.4 Å². The van der Waals surface area contributed by atoms with Crippen LogP contribution in [0, 0.1) is 13.8 Å². The van der Waals surface area contributed by atoms with E-state index in [1.165, 1.54) is 12.8 Å². The second kappa shape index (κ2) is 8.33. The Morgan fingerprint density at radius 2 is 1.93 bits per heavy atom. The van der Waals surface area contributed by atoms with Gasteiger partial charge in [0.1, 0.15) is 0 Å². The molecular weight excluding hydrogens is 336 g/mol. The summed E-state index contributed by atoms with van der Waals surface area (Å²) < 4.78 is 1.86. The van der Waals surface area contributed by atoms with Crippen LogP contribution in [0.4, 0.5) is 0 Å². The molecule has 0 aliphatic rings. The normalized spacial score (nSPS) is 11.1. The second-order valence-corrected chi connectivity index (χ2v) is 7.06. The molecule has 0 saturated carbocycles. The average Bonchev–Trinajstić information content (AvgIpc) is 2.92. The van der Waals surface area contributed by atoms with Crippen LogP contribution < -0.4 is 5.32 Å². The van der Waals surface area contributed by atoms with Gasteiger partial charge in [0.05, 0.1) is 22.5 Å². The standard InChI is InChI=1S/C22H28N4O/c1-5-6-7-10-13-23-22(27)18-14-20(21-15(2)25-26(4)16(21)3)24-19-12-9-8-11-17(18)19/h8-9,11-12,14H,5-7,10,13H2,1-4H3,(H,23,27). The Balaban J connectivity index is 1.97. The Labute approximate surface area is 160 Å². The van der Waals surface area contributed by atoms with Crippen molar-refractivity contribution in [2.45, 2.75) is 46.5 Å². The van der Waals surface area contributed by atoms with E-state index in [1.54, 1.807) is 0 Å². The first-order valence-corrected chi connectivity index (χ1v) is 9.71. The Kier molecular flexibility index (Phi) is 5.89. The van der Waals surface area contributed by atoms with Gasteiger partial charge in [-0.05, 0) is 32.4 Å². The van der Waals surface area contributed by atoms with Gasteiger partial charge in [0.25, 0.3) is 5.91 Å². The minimum atomic E-state index is -0.0365. The van der Waals surface area contributed by atoms with Gasteiger partial charge in [0.2, 0.25) is 0 Å². The fourth-order valence-corrected chi connectivity index (χ4v) is 3.48. The number of aryl methyl sites for hydroxylation is 2. The number of aromatic nitrogens is 3. The van der Waals surface area contributed by atoms with E-state index in [1.807, 2.05) is 55.9 Å². The van der Waals surface area contributed by atoms with Crippen molar-refractivity contribution in [2.75, 3.05) is 6.54 Å². The molecule has 0 radical (unpaired) electrons. The smallest absolute Gasteiger partial charge is 0.252 e. The first-order valence-electron chi connectivity index (χ1n) is 9.71.